The summed E-state index contributed by atoms with van der Waals surface area (Å²) in [5, 5.41) is 16.9. The van der Waals surface area contributed by atoms with Gasteiger partial charge in [-0.25, -0.2) is 4.79 Å². The second-order valence-electron chi connectivity index (χ2n) is 6.92. The third-order valence-corrected chi connectivity index (χ3v) is 4.85. The van der Waals surface area contributed by atoms with E-state index < -0.39 is 17.5 Å². The molecule has 9 heteroatoms. The van der Waals surface area contributed by atoms with Gasteiger partial charge in [0.25, 0.3) is 11.6 Å². The summed E-state index contributed by atoms with van der Waals surface area (Å²) < 4.78 is 10.0. The molecule has 2 rings (SSSR count). The van der Waals surface area contributed by atoms with E-state index in [1.165, 1.54) is 12.1 Å². The standard InChI is InChI=1S/C19H27N3O6/c1-13-5-3-4-6-16(13)21-18(23)12-28-19(24)15-11-14(22(25)26)7-8-17(15)20-9-10-27-2/h7-8,11,13,16,20H,3-6,9-10,12H2,1-2H3,(H,21,23). The minimum Gasteiger partial charge on any atom is -0.452 e. The highest BCUT2D eigenvalue weighted by Crippen LogP contribution is 2.24. The van der Waals surface area contributed by atoms with E-state index in [9.17, 15) is 19.7 Å². The summed E-state index contributed by atoms with van der Waals surface area (Å²) in [6, 6.07) is 3.96. The summed E-state index contributed by atoms with van der Waals surface area (Å²) in [6.45, 7) is 2.47. The summed E-state index contributed by atoms with van der Waals surface area (Å²) in [4.78, 5) is 35.0. The molecule has 2 atom stereocenters. The maximum atomic E-state index is 12.4. The van der Waals surface area contributed by atoms with Gasteiger partial charge in [0.05, 0.1) is 17.1 Å². The van der Waals surface area contributed by atoms with Gasteiger partial charge in [0.2, 0.25) is 0 Å². The fourth-order valence-electron chi connectivity index (χ4n) is 3.24. The maximum absolute atomic E-state index is 12.4. The molecular formula is C19H27N3O6. The predicted molar refractivity (Wildman–Crippen MR) is 103 cm³/mol. The molecule has 1 aliphatic rings. The van der Waals surface area contributed by atoms with E-state index in [1.54, 1.807) is 7.11 Å². The van der Waals surface area contributed by atoms with Crippen LogP contribution in [0.2, 0.25) is 0 Å². The van der Waals surface area contributed by atoms with Crippen LogP contribution in [-0.4, -0.2) is 49.7 Å². The van der Waals surface area contributed by atoms with Crippen LogP contribution in [-0.2, 0) is 14.3 Å². The number of non-ortho nitro benzene ring substituents is 1. The number of nitrogens with zero attached hydrogens (tertiary/aromatic N) is 1. The highest BCUT2D eigenvalue weighted by atomic mass is 16.6. The van der Waals surface area contributed by atoms with Gasteiger partial charge in [-0.3, -0.25) is 14.9 Å². The summed E-state index contributed by atoms with van der Waals surface area (Å²) >= 11 is 0. The molecule has 0 radical (unpaired) electrons. The van der Waals surface area contributed by atoms with Gasteiger partial charge >= 0.3 is 5.97 Å². The Morgan fingerprint density at radius 1 is 1.29 bits per heavy atom. The molecule has 154 valence electrons. The average molecular weight is 393 g/mol. The van der Waals surface area contributed by atoms with E-state index in [-0.39, 0.29) is 23.2 Å². The van der Waals surface area contributed by atoms with Gasteiger partial charge in [-0.15, -0.1) is 0 Å². The Kier molecular flexibility index (Phi) is 8.19. The van der Waals surface area contributed by atoms with Gasteiger partial charge in [0, 0.05) is 37.5 Å². The predicted octanol–water partition coefficient (Wildman–Crippen LogP) is 2.50. The van der Waals surface area contributed by atoms with E-state index in [2.05, 4.69) is 17.6 Å². The van der Waals surface area contributed by atoms with Crippen LogP contribution in [0.4, 0.5) is 11.4 Å². The number of nitro groups is 1. The molecule has 9 nitrogen and oxygen atoms in total. The quantitative estimate of drug-likeness (QED) is 0.286. The lowest BCUT2D eigenvalue weighted by molar-refractivity contribution is -0.384. The van der Waals surface area contributed by atoms with E-state index in [1.807, 2.05) is 0 Å². The topological polar surface area (TPSA) is 120 Å². The molecule has 2 unspecified atom stereocenters. The molecule has 1 aromatic rings. The van der Waals surface area contributed by atoms with Gasteiger partial charge in [-0.1, -0.05) is 19.8 Å². The first-order chi connectivity index (χ1) is 13.4. The molecule has 28 heavy (non-hydrogen) atoms. The monoisotopic (exact) mass is 393 g/mol. The second-order valence-corrected chi connectivity index (χ2v) is 6.92. The minimum atomic E-state index is -0.796. The number of anilines is 1. The third-order valence-electron chi connectivity index (χ3n) is 4.85. The zero-order chi connectivity index (χ0) is 20.5. The Morgan fingerprint density at radius 2 is 2.04 bits per heavy atom. The number of carbonyl (C=O) groups is 2. The first kappa shape index (κ1) is 21.6. The molecule has 0 bridgehead atoms. The van der Waals surface area contributed by atoms with Crippen LogP contribution in [0.1, 0.15) is 43.0 Å². The van der Waals surface area contributed by atoms with Crippen molar-refractivity contribution in [2.24, 2.45) is 5.92 Å². The number of esters is 1. The van der Waals surface area contributed by atoms with Gasteiger partial charge < -0.3 is 20.1 Å². The number of amides is 1. The number of nitro benzene ring substituents is 1. The number of ether oxygens (including phenoxy) is 2. The molecule has 0 heterocycles. The van der Waals surface area contributed by atoms with E-state index in [0.717, 1.165) is 31.7 Å². The van der Waals surface area contributed by atoms with Crippen LogP contribution in [0.25, 0.3) is 0 Å². The number of nitrogens with one attached hydrogen (secondary N) is 2. The Balaban J connectivity index is 1.99. The number of hydrogen-bond acceptors (Lipinski definition) is 7. The van der Waals surface area contributed by atoms with Gasteiger partial charge in [0.1, 0.15) is 0 Å². The molecule has 0 aromatic heterocycles. The number of carbonyl (C=O) groups excluding carboxylic acids is 2. The van der Waals surface area contributed by atoms with E-state index >= 15 is 0 Å². The Labute approximate surface area is 163 Å². The molecule has 1 aliphatic carbocycles. The SMILES string of the molecule is COCCNc1ccc([N+](=O)[O-])cc1C(=O)OCC(=O)NC1CCCCC1C. The average Bonchev–Trinajstić information content (AvgIpc) is 2.68. The summed E-state index contributed by atoms with van der Waals surface area (Å²) in [7, 11) is 1.54. The molecule has 1 amide bonds. The van der Waals surface area contributed by atoms with Crippen LogP contribution in [0.15, 0.2) is 18.2 Å². The van der Waals surface area contributed by atoms with Crippen molar-refractivity contribution in [1.29, 1.82) is 0 Å². The fourth-order valence-corrected chi connectivity index (χ4v) is 3.24. The highest BCUT2D eigenvalue weighted by Gasteiger charge is 2.24. The zero-order valence-corrected chi connectivity index (χ0v) is 16.2. The Hall–Kier alpha value is -2.68. The highest BCUT2D eigenvalue weighted by molar-refractivity contribution is 5.97. The largest absolute Gasteiger partial charge is 0.452 e. The lowest BCUT2D eigenvalue weighted by Crippen LogP contribution is -2.42. The lowest BCUT2D eigenvalue weighted by Gasteiger charge is -2.29. The molecule has 1 fully saturated rings. The van der Waals surface area contributed by atoms with Crippen molar-refractivity contribution in [3.05, 3.63) is 33.9 Å². The number of benzene rings is 1. The van der Waals surface area contributed by atoms with Gasteiger partial charge in [-0.05, 0) is 24.8 Å². The second kappa shape index (κ2) is 10.6. The Morgan fingerprint density at radius 3 is 2.71 bits per heavy atom. The van der Waals surface area contributed by atoms with Crippen molar-refractivity contribution < 1.29 is 24.0 Å². The van der Waals surface area contributed by atoms with Crippen molar-refractivity contribution in [3.63, 3.8) is 0 Å². The van der Waals surface area contributed by atoms with Crippen LogP contribution >= 0.6 is 0 Å². The molecule has 0 saturated heterocycles. The number of hydrogen-bond donors (Lipinski definition) is 2. The van der Waals surface area contributed by atoms with Crippen LogP contribution in [0.5, 0.6) is 0 Å². The van der Waals surface area contributed by atoms with Crippen molar-refractivity contribution in [2.45, 2.75) is 38.6 Å². The number of methoxy groups -OCH3 is 1. The van der Waals surface area contributed by atoms with Gasteiger partial charge in [0.15, 0.2) is 6.61 Å². The third kappa shape index (κ3) is 6.19. The molecule has 1 aromatic carbocycles. The van der Waals surface area contributed by atoms with Crippen molar-refractivity contribution in [3.8, 4) is 0 Å². The fraction of sp³-hybridized carbons (Fsp3) is 0.579. The van der Waals surface area contributed by atoms with Crippen LogP contribution in [0, 0.1) is 16.0 Å². The molecule has 2 N–H and O–H groups in total. The number of rotatable bonds is 9. The summed E-state index contributed by atoms with van der Waals surface area (Å²) in [5.74, 6) is -0.774. The van der Waals surface area contributed by atoms with Crippen molar-refractivity contribution in [2.75, 3.05) is 32.2 Å². The Bertz CT molecular complexity index is 709. The minimum absolute atomic E-state index is 0.00383. The lowest BCUT2D eigenvalue weighted by atomic mass is 9.86. The maximum Gasteiger partial charge on any atom is 0.341 e. The zero-order valence-electron chi connectivity index (χ0n) is 16.2. The first-order valence-corrected chi connectivity index (χ1v) is 9.40. The summed E-state index contributed by atoms with van der Waals surface area (Å²) in [6.07, 6.45) is 4.21. The molecule has 0 spiro atoms. The van der Waals surface area contributed by atoms with E-state index in [4.69, 9.17) is 9.47 Å². The molecule has 0 aliphatic heterocycles. The molecular weight excluding hydrogens is 366 g/mol. The van der Waals surface area contributed by atoms with Gasteiger partial charge in [-0.2, -0.15) is 0 Å². The molecule has 1 saturated carbocycles. The first-order valence-electron chi connectivity index (χ1n) is 9.40. The van der Waals surface area contributed by atoms with E-state index in [0.29, 0.717) is 24.8 Å². The van der Waals surface area contributed by atoms with Crippen molar-refractivity contribution in [1.82, 2.24) is 5.32 Å². The van der Waals surface area contributed by atoms with Crippen LogP contribution < -0.4 is 10.6 Å². The van der Waals surface area contributed by atoms with Crippen LogP contribution in [0.3, 0.4) is 0 Å². The normalized spacial score (nSPS) is 18.9. The summed E-state index contributed by atoms with van der Waals surface area (Å²) in [5.41, 5.74) is 0.155. The smallest absolute Gasteiger partial charge is 0.341 e. The van der Waals surface area contributed by atoms with Crippen molar-refractivity contribution >= 4 is 23.3 Å².